The molecule has 1 amide bonds. The normalized spacial score (nSPS) is 17.9. The van der Waals surface area contributed by atoms with Crippen LogP contribution in [0.25, 0.3) is 0 Å². The van der Waals surface area contributed by atoms with Gasteiger partial charge in [0, 0.05) is 20.1 Å². The van der Waals surface area contributed by atoms with Crippen LogP contribution in [0.1, 0.15) is 55.4 Å². The molecule has 0 aliphatic carbocycles. The number of nitrogens with one attached hydrogen (secondary N) is 1. The molecule has 2 aliphatic rings. The number of piperidine rings is 1. The fourth-order valence-electron chi connectivity index (χ4n) is 5.69. The quantitative estimate of drug-likeness (QED) is 0.386. The van der Waals surface area contributed by atoms with E-state index in [4.69, 9.17) is 4.74 Å². The Kier molecular flexibility index (Phi) is 8.63. The van der Waals surface area contributed by atoms with E-state index in [1.165, 1.54) is 0 Å². The first kappa shape index (κ1) is 30.0. The number of ether oxygens (including phenoxy) is 1. The van der Waals surface area contributed by atoms with Gasteiger partial charge < -0.3 is 15.0 Å². The molecule has 11 heteroatoms. The second-order valence-corrected chi connectivity index (χ2v) is 11.3. The van der Waals surface area contributed by atoms with E-state index in [-0.39, 0.29) is 23.5 Å². The molecular formula is C29H35F6N3O2. The molecule has 5 nitrogen and oxygen atoms in total. The predicted octanol–water partition coefficient (Wildman–Crippen LogP) is 6.50. The maximum Gasteiger partial charge on any atom is 0.416 e. The van der Waals surface area contributed by atoms with Crippen molar-refractivity contribution in [3.63, 3.8) is 0 Å². The van der Waals surface area contributed by atoms with E-state index in [0.717, 1.165) is 23.5 Å². The summed E-state index contributed by atoms with van der Waals surface area (Å²) in [5.74, 6) is 0.689. The summed E-state index contributed by atoms with van der Waals surface area (Å²) in [6.45, 7) is 6.99. The van der Waals surface area contributed by atoms with E-state index in [1.807, 2.05) is 33.0 Å². The third-order valence-electron chi connectivity index (χ3n) is 7.72. The lowest BCUT2D eigenvalue weighted by molar-refractivity contribution is -0.143. The van der Waals surface area contributed by atoms with Crippen LogP contribution >= 0.6 is 0 Å². The predicted molar refractivity (Wildman–Crippen MR) is 140 cm³/mol. The number of halogens is 6. The molecular weight excluding hydrogens is 536 g/mol. The lowest BCUT2D eigenvalue weighted by Gasteiger charge is -2.42. The summed E-state index contributed by atoms with van der Waals surface area (Å²) in [4.78, 5) is 17.9. The molecule has 0 radical (unpaired) electrons. The zero-order valence-corrected chi connectivity index (χ0v) is 22.9. The van der Waals surface area contributed by atoms with E-state index in [9.17, 15) is 31.1 Å². The highest BCUT2D eigenvalue weighted by molar-refractivity contribution is 5.82. The van der Waals surface area contributed by atoms with Gasteiger partial charge in [-0.3, -0.25) is 9.69 Å². The molecule has 2 heterocycles. The van der Waals surface area contributed by atoms with Crippen LogP contribution in [0.4, 0.5) is 32.0 Å². The van der Waals surface area contributed by atoms with Crippen LogP contribution in [0.5, 0.6) is 5.75 Å². The monoisotopic (exact) mass is 571 g/mol. The minimum atomic E-state index is -4.94. The van der Waals surface area contributed by atoms with Gasteiger partial charge in [0.25, 0.3) is 0 Å². The van der Waals surface area contributed by atoms with Crippen molar-refractivity contribution in [2.24, 2.45) is 11.3 Å². The van der Waals surface area contributed by atoms with Crippen molar-refractivity contribution in [1.29, 1.82) is 0 Å². The number of fused-ring (bicyclic) bond motifs is 1. The smallest absolute Gasteiger partial charge is 0.416 e. The summed E-state index contributed by atoms with van der Waals surface area (Å²) in [6.07, 6.45) is -8.23. The Labute approximate surface area is 230 Å². The van der Waals surface area contributed by atoms with Gasteiger partial charge in [-0.15, -0.1) is 0 Å². The molecule has 2 aliphatic heterocycles. The van der Waals surface area contributed by atoms with Crippen molar-refractivity contribution in [3.8, 4) is 5.75 Å². The van der Waals surface area contributed by atoms with Gasteiger partial charge in [-0.2, -0.15) is 26.3 Å². The average Bonchev–Trinajstić information content (AvgIpc) is 2.87. The van der Waals surface area contributed by atoms with Gasteiger partial charge in [0.2, 0.25) is 5.91 Å². The largest absolute Gasteiger partial charge is 0.490 e. The fraction of sp³-hybridized carbons (Fsp3) is 0.552. The van der Waals surface area contributed by atoms with Crippen molar-refractivity contribution < 1.29 is 35.9 Å². The molecule has 0 saturated carbocycles. The first-order chi connectivity index (χ1) is 18.7. The van der Waals surface area contributed by atoms with Crippen molar-refractivity contribution in [2.75, 3.05) is 38.2 Å². The number of amides is 1. The summed E-state index contributed by atoms with van der Waals surface area (Å²) in [5.41, 5.74) is -1.63. The Morgan fingerprint density at radius 1 is 0.950 bits per heavy atom. The number of hydrogen-bond acceptors (Lipinski definition) is 4. The van der Waals surface area contributed by atoms with Gasteiger partial charge in [0.1, 0.15) is 12.4 Å². The first-order valence-corrected chi connectivity index (χ1v) is 13.4. The maximum atomic E-state index is 13.5. The maximum absolute atomic E-state index is 13.5. The lowest BCUT2D eigenvalue weighted by Crippen LogP contribution is -2.49. The SMILES string of the molecule is CC(C)CC1(C(=O)NCc2cc(C(F)(F)F)cc(C(F)(F)F)c2)CCN(Cc2ccc3c(c2)OCCN3C)CC1. The Morgan fingerprint density at radius 2 is 1.57 bits per heavy atom. The molecule has 0 spiro atoms. The highest BCUT2D eigenvalue weighted by Crippen LogP contribution is 2.40. The molecule has 2 aromatic carbocycles. The number of anilines is 1. The van der Waals surface area contributed by atoms with Gasteiger partial charge in [0.15, 0.2) is 0 Å². The number of likely N-dealkylation sites (tertiary alicyclic amines) is 1. The van der Waals surface area contributed by atoms with Crippen molar-refractivity contribution in [1.82, 2.24) is 10.2 Å². The van der Waals surface area contributed by atoms with Gasteiger partial charge in [-0.05, 0) is 79.7 Å². The van der Waals surface area contributed by atoms with Crippen LogP contribution < -0.4 is 15.0 Å². The number of carbonyl (C=O) groups excluding carboxylic acids is 1. The van der Waals surface area contributed by atoms with E-state index >= 15 is 0 Å². The van der Waals surface area contributed by atoms with Crippen LogP contribution in [0.2, 0.25) is 0 Å². The van der Waals surface area contributed by atoms with E-state index < -0.39 is 35.4 Å². The molecule has 1 fully saturated rings. The molecule has 1 saturated heterocycles. The topological polar surface area (TPSA) is 44.8 Å². The van der Waals surface area contributed by atoms with Crippen LogP contribution in [-0.2, 0) is 30.2 Å². The Hall–Kier alpha value is -2.95. The Morgan fingerprint density at radius 3 is 2.15 bits per heavy atom. The molecule has 0 bridgehead atoms. The third kappa shape index (κ3) is 7.03. The van der Waals surface area contributed by atoms with Crippen LogP contribution in [0, 0.1) is 11.3 Å². The Bertz CT molecular complexity index is 1170. The number of likely N-dealkylation sites (N-methyl/N-ethyl adjacent to an activating group) is 1. The van der Waals surface area contributed by atoms with Crippen molar-refractivity contribution >= 4 is 11.6 Å². The number of nitrogens with zero attached hydrogens (tertiary/aromatic N) is 2. The number of hydrogen-bond donors (Lipinski definition) is 1. The van der Waals surface area contributed by atoms with Crippen LogP contribution in [-0.4, -0.2) is 44.1 Å². The van der Waals surface area contributed by atoms with Crippen molar-refractivity contribution in [2.45, 2.75) is 58.6 Å². The second-order valence-electron chi connectivity index (χ2n) is 11.3. The molecule has 1 N–H and O–H groups in total. The summed E-state index contributed by atoms with van der Waals surface area (Å²) >= 11 is 0. The van der Waals surface area contributed by atoms with Gasteiger partial charge in [-0.25, -0.2) is 0 Å². The summed E-state index contributed by atoms with van der Waals surface area (Å²) in [7, 11) is 2.02. The number of rotatable bonds is 7. The molecule has 0 atom stereocenters. The third-order valence-corrected chi connectivity index (χ3v) is 7.72. The van der Waals surface area contributed by atoms with E-state index in [2.05, 4.69) is 21.2 Å². The van der Waals surface area contributed by atoms with E-state index in [0.29, 0.717) is 57.6 Å². The fourth-order valence-corrected chi connectivity index (χ4v) is 5.69. The van der Waals surface area contributed by atoms with Crippen molar-refractivity contribution in [3.05, 3.63) is 58.7 Å². The van der Waals surface area contributed by atoms with Gasteiger partial charge in [0.05, 0.1) is 28.8 Å². The minimum Gasteiger partial charge on any atom is -0.490 e. The highest BCUT2D eigenvalue weighted by Gasteiger charge is 2.42. The number of alkyl halides is 6. The van der Waals surface area contributed by atoms with Gasteiger partial charge in [-0.1, -0.05) is 19.9 Å². The molecule has 2 aromatic rings. The first-order valence-electron chi connectivity index (χ1n) is 13.4. The summed E-state index contributed by atoms with van der Waals surface area (Å²) in [6, 6.07) is 7.56. The second kappa shape index (κ2) is 11.5. The molecule has 220 valence electrons. The minimum absolute atomic E-state index is 0.0915. The van der Waals surface area contributed by atoms with Crippen LogP contribution in [0.3, 0.4) is 0 Å². The molecule has 40 heavy (non-hydrogen) atoms. The lowest BCUT2D eigenvalue weighted by atomic mass is 9.71. The summed E-state index contributed by atoms with van der Waals surface area (Å²) < 4.78 is 85.3. The number of carbonyl (C=O) groups is 1. The standard InChI is InChI=1S/C29H35F6N3O2/c1-19(2)16-27(26(39)36-17-21-12-22(28(30,31)32)15-23(13-21)29(33,34)35)6-8-38(9-7-27)18-20-4-5-24-25(14-20)40-11-10-37(24)3/h4-5,12-15,19H,6-11,16-18H2,1-3H3,(H,36,39). The van der Waals surface area contributed by atoms with Crippen LogP contribution in [0.15, 0.2) is 36.4 Å². The zero-order chi connectivity index (χ0) is 29.3. The van der Waals surface area contributed by atoms with Gasteiger partial charge >= 0.3 is 12.4 Å². The molecule has 0 aromatic heterocycles. The average molecular weight is 572 g/mol. The highest BCUT2D eigenvalue weighted by atomic mass is 19.4. The molecule has 0 unspecified atom stereocenters. The van der Waals surface area contributed by atoms with E-state index in [1.54, 1.807) is 0 Å². The zero-order valence-electron chi connectivity index (χ0n) is 22.9. The molecule has 4 rings (SSSR count). The summed E-state index contributed by atoms with van der Waals surface area (Å²) in [5, 5.41) is 2.66. The number of benzene rings is 2. The Balaban J connectivity index is 1.44.